The first-order valence-corrected chi connectivity index (χ1v) is 13.2. The van der Waals surface area contributed by atoms with Crippen LogP contribution in [-0.2, 0) is 19.6 Å². The zero-order valence-corrected chi connectivity index (χ0v) is 21.0. The summed E-state index contributed by atoms with van der Waals surface area (Å²) in [6.07, 6.45) is 1.47. The molecular weight excluding hydrogens is 496 g/mol. The van der Waals surface area contributed by atoms with Crippen molar-refractivity contribution in [3.05, 3.63) is 83.9 Å². The second-order valence-electron chi connectivity index (χ2n) is 8.34. The maximum atomic E-state index is 13.5. The van der Waals surface area contributed by atoms with Gasteiger partial charge in [0.05, 0.1) is 21.8 Å². The third-order valence-corrected chi connectivity index (χ3v) is 7.51. The maximum absolute atomic E-state index is 13.5. The minimum Gasteiger partial charge on any atom is -0.482 e. The molecule has 4 rings (SSSR count). The predicted octanol–water partition coefficient (Wildman–Crippen LogP) is 4.05. The average molecular weight is 523 g/mol. The Balaban J connectivity index is 1.48. The van der Waals surface area contributed by atoms with Crippen molar-refractivity contribution in [2.45, 2.75) is 24.7 Å². The molecule has 0 fully saturated rings. The summed E-state index contributed by atoms with van der Waals surface area (Å²) in [5.41, 5.74) is 1.12. The molecule has 3 aromatic rings. The normalized spacial score (nSPS) is 12.6. The molecule has 9 nitrogen and oxygen atoms in total. The maximum Gasteiger partial charge on any atom is 0.338 e. The summed E-state index contributed by atoms with van der Waals surface area (Å²) >= 11 is 0. The van der Waals surface area contributed by atoms with Crippen molar-refractivity contribution in [1.29, 1.82) is 0 Å². The van der Waals surface area contributed by atoms with E-state index in [2.05, 4.69) is 5.32 Å². The van der Waals surface area contributed by atoms with Gasteiger partial charge in [0, 0.05) is 12.1 Å². The number of Topliss-reactive ketones (excluding diaryl/α,β-unsaturated/α-hetero) is 1. The Morgan fingerprint density at radius 3 is 2.54 bits per heavy atom. The number of hydrogen-bond donors (Lipinski definition) is 1. The van der Waals surface area contributed by atoms with Crippen LogP contribution < -0.4 is 14.4 Å². The van der Waals surface area contributed by atoms with Gasteiger partial charge in [0.15, 0.2) is 19.0 Å². The SMILES string of the molecule is CCCCN(c1ccccc1)S(=O)(=O)c1cccc(C(=O)OCC(=O)c2ccc3c(c2)NC(=O)CO3)c1. The van der Waals surface area contributed by atoms with Gasteiger partial charge >= 0.3 is 5.97 Å². The summed E-state index contributed by atoms with van der Waals surface area (Å²) in [6.45, 7) is 1.60. The fraction of sp³-hybridized carbons (Fsp3) is 0.222. The Bertz CT molecular complexity index is 1420. The van der Waals surface area contributed by atoms with E-state index in [0.717, 1.165) is 6.42 Å². The second-order valence-corrected chi connectivity index (χ2v) is 10.2. The van der Waals surface area contributed by atoms with Crippen LogP contribution in [0.15, 0.2) is 77.7 Å². The molecule has 0 radical (unpaired) electrons. The lowest BCUT2D eigenvalue weighted by Crippen LogP contribution is -2.32. The molecule has 1 heterocycles. The second kappa shape index (κ2) is 11.3. The van der Waals surface area contributed by atoms with Gasteiger partial charge < -0.3 is 14.8 Å². The standard InChI is InChI=1S/C27H26N2O7S/c1-2-3-14-29(21-9-5-4-6-10-21)37(33,34)22-11-7-8-20(15-22)27(32)36-17-24(30)19-12-13-25-23(16-19)28-26(31)18-35-25/h4-13,15-16H,2-3,14,17-18H2,1H3,(H,28,31). The molecule has 1 aliphatic heterocycles. The highest BCUT2D eigenvalue weighted by molar-refractivity contribution is 7.92. The Morgan fingerprint density at radius 2 is 1.78 bits per heavy atom. The molecule has 0 aromatic heterocycles. The van der Waals surface area contributed by atoms with Crippen LogP contribution in [0.5, 0.6) is 5.75 Å². The number of fused-ring (bicyclic) bond motifs is 1. The topological polar surface area (TPSA) is 119 Å². The number of hydrogen-bond acceptors (Lipinski definition) is 7. The number of rotatable bonds is 10. The summed E-state index contributed by atoms with van der Waals surface area (Å²) in [5.74, 6) is -1.22. The van der Waals surface area contributed by atoms with Crippen molar-refractivity contribution in [2.24, 2.45) is 0 Å². The quantitative estimate of drug-likeness (QED) is 0.315. The Labute approximate surface area is 215 Å². The summed E-state index contributed by atoms with van der Waals surface area (Å²) in [5, 5.41) is 2.61. The van der Waals surface area contributed by atoms with Crippen molar-refractivity contribution in [1.82, 2.24) is 0 Å². The predicted molar refractivity (Wildman–Crippen MR) is 138 cm³/mol. The van der Waals surface area contributed by atoms with E-state index >= 15 is 0 Å². The number of carbonyl (C=O) groups is 3. The molecule has 0 spiro atoms. The fourth-order valence-electron chi connectivity index (χ4n) is 3.75. The van der Waals surface area contributed by atoms with Crippen LogP contribution in [0, 0.1) is 0 Å². The summed E-state index contributed by atoms with van der Waals surface area (Å²) in [6, 6.07) is 18.8. The number of esters is 1. The number of ether oxygens (including phenoxy) is 2. The number of carbonyl (C=O) groups excluding carboxylic acids is 3. The van der Waals surface area contributed by atoms with E-state index in [1.54, 1.807) is 36.4 Å². The highest BCUT2D eigenvalue weighted by Crippen LogP contribution is 2.29. The first kappa shape index (κ1) is 25.9. The van der Waals surface area contributed by atoms with E-state index in [-0.39, 0.29) is 35.1 Å². The van der Waals surface area contributed by atoms with E-state index in [1.165, 1.54) is 40.7 Å². The van der Waals surface area contributed by atoms with E-state index < -0.39 is 28.4 Å². The van der Waals surface area contributed by atoms with Gasteiger partial charge in [0.25, 0.3) is 15.9 Å². The van der Waals surface area contributed by atoms with Crippen LogP contribution in [0.25, 0.3) is 0 Å². The van der Waals surface area contributed by atoms with Gasteiger partial charge in [-0.25, -0.2) is 13.2 Å². The van der Waals surface area contributed by atoms with E-state index in [9.17, 15) is 22.8 Å². The van der Waals surface area contributed by atoms with Crippen LogP contribution in [0.3, 0.4) is 0 Å². The van der Waals surface area contributed by atoms with E-state index in [4.69, 9.17) is 9.47 Å². The number of anilines is 2. The van der Waals surface area contributed by atoms with E-state index in [1.807, 2.05) is 6.92 Å². The number of unbranched alkanes of at least 4 members (excludes halogenated alkanes) is 1. The van der Waals surface area contributed by atoms with Crippen LogP contribution >= 0.6 is 0 Å². The summed E-state index contributed by atoms with van der Waals surface area (Å²) in [4.78, 5) is 36.7. The van der Waals surface area contributed by atoms with Crippen LogP contribution in [0.2, 0.25) is 0 Å². The first-order chi connectivity index (χ1) is 17.8. The highest BCUT2D eigenvalue weighted by atomic mass is 32.2. The van der Waals surface area contributed by atoms with Crippen molar-refractivity contribution in [2.75, 3.05) is 29.4 Å². The van der Waals surface area contributed by atoms with Crippen LogP contribution in [0.4, 0.5) is 11.4 Å². The molecule has 1 amide bonds. The van der Waals surface area contributed by atoms with Crippen molar-refractivity contribution < 1.29 is 32.3 Å². The molecule has 1 N–H and O–H groups in total. The molecule has 0 bridgehead atoms. The van der Waals surface area contributed by atoms with Gasteiger partial charge in [-0.15, -0.1) is 0 Å². The third kappa shape index (κ3) is 5.97. The Hall–Kier alpha value is -4.18. The summed E-state index contributed by atoms with van der Waals surface area (Å²) in [7, 11) is -3.96. The molecule has 0 unspecified atom stereocenters. The van der Waals surface area contributed by atoms with Crippen LogP contribution in [-0.4, -0.2) is 45.8 Å². The number of amides is 1. The largest absolute Gasteiger partial charge is 0.482 e. The molecule has 0 aliphatic carbocycles. The van der Waals surface area contributed by atoms with Gasteiger partial charge in [0.2, 0.25) is 0 Å². The van der Waals surface area contributed by atoms with Crippen molar-refractivity contribution in [3.8, 4) is 5.75 Å². The lowest BCUT2D eigenvalue weighted by Gasteiger charge is -2.24. The van der Waals surface area contributed by atoms with Gasteiger partial charge in [-0.3, -0.25) is 13.9 Å². The number of nitrogens with one attached hydrogen (secondary N) is 1. The number of ketones is 1. The van der Waals surface area contributed by atoms with Crippen LogP contribution in [0.1, 0.15) is 40.5 Å². The Morgan fingerprint density at radius 1 is 1.00 bits per heavy atom. The molecule has 1 aliphatic rings. The fourth-order valence-corrected chi connectivity index (χ4v) is 5.30. The minimum absolute atomic E-state index is 0.00322. The monoisotopic (exact) mass is 522 g/mol. The molecule has 0 atom stereocenters. The zero-order chi connectivity index (χ0) is 26.4. The molecule has 37 heavy (non-hydrogen) atoms. The lowest BCUT2D eigenvalue weighted by molar-refractivity contribution is -0.118. The number of para-hydroxylation sites is 1. The molecule has 0 saturated heterocycles. The van der Waals surface area contributed by atoms with E-state index in [0.29, 0.717) is 23.5 Å². The lowest BCUT2D eigenvalue weighted by atomic mass is 10.1. The minimum atomic E-state index is -3.96. The third-order valence-electron chi connectivity index (χ3n) is 5.69. The average Bonchev–Trinajstić information content (AvgIpc) is 2.91. The molecule has 192 valence electrons. The summed E-state index contributed by atoms with van der Waals surface area (Å²) < 4.78 is 38.7. The van der Waals surface area contributed by atoms with Gasteiger partial charge in [-0.1, -0.05) is 37.6 Å². The van der Waals surface area contributed by atoms with Gasteiger partial charge in [-0.05, 0) is 55.0 Å². The number of benzene rings is 3. The van der Waals surface area contributed by atoms with Gasteiger partial charge in [-0.2, -0.15) is 0 Å². The molecule has 0 saturated carbocycles. The molecular formula is C27H26N2O7S. The number of nitrogens with zero attached hydrogens (tertiary/aromatic N) is 1. The number of sulfonamides is 1. The van der Waals surface area contributed by atoms with Crippen molar-refractivity contribution in [3.63, 3.8) is 0 Å². The molecule has 3 aromatic carbocycles. The molecule has 10 heteroatoms. The smallest absolute Gasteiger partial charge is 0.338 e. The van der Waals surface area contributed by atoms with Crippen molar-refractivity contribution >= 4 is 39.1 Å². The first-order valence-electron chi connectivity index (χ1n) is 11.7. The highest BCUT2D eigenvalue weighted by Gasteiger charge is 2.26. The zero-order valence-electron chi connectivity index (χ0n) is 20.2. The van der Waals surface area contributed by atoms with Gasteiger partial charge in [0.1, 0.15) is 5.75 Å². The Kier molecular flexibility index (Phi) is 7.88.